The number of sulfonamides is 1. The molecule has 0 radical (unpaired) electrons. The standard InChI is InChI=1S/C15H18N2O5S/c1-11-8-13(5-6-14(11)21-2)23(19,20)17-10-15(18)16-9-12-4-3-7-22-12/h3-8,17H,9-10H2,1-2H3,(H,16,18). The fraction of sp³-hybridized carbons (Fsp3) is 0.267. The van der Waals surface area contributed by atoms with Crippen LogP contribution in [0.1, 0.15) is 11.3 Å². The van der Waals surface area contributed by atoms with Gasteiger partial charge in [0, 0.05) is 0 Å². The maximum Gasteiger partial charge on any atom is 0.241 e. The molecule has 8 heteroatoms. The second kappa shape index (κ2) is 7.30. The highest BCUT2D eigenvalue weighted by atomic mass is 32.2. The SMILES string of the molecule is COc1ccc(S(=O)(=O)NCC(=O)NCc2ccco2)cc1C. The van der Waals surface area contributed by atoms with Crippen molar-refractivity contribution in [2.75, 3.05) is 13.7 Å². The predicted octanol–water partition coefficient (Wildman–Crippen LogP) is 1.19. The summed E-state index contributed by atoms with van der Waals surface area (Å²) in [6, 6.07) is 7.90. The van der Waals surface area contributed by atoms with Gasteiger partial charge in [-0.05, 0) is 42.8 Å². The molecular formula is C15H18N2O5S. The van der Waals surface area contributed by atoms with E-state index in [0.29, 0.717) is 17.1 Å². The summed E-state index contributed by atoms with van der Waals surface area (Å²) >= 11 is 0. The van der Waals surface area contributed by atoms with Gasteiger partial charge in [-0.25, -0.2) is 13.1 Å². The molecule has 7 nitrogen and oxygen atoms in total. The van der Waals surface area contributed by atoms with Crippen LogP contribution in [-0.4, -0.2) is 28.0 Å². The molecule has 0 spiro atoms. The number of carbonyl (C=O) groups is 1. The van der Waals surface area contributed by atoms with E-state index in [-0.39, 0.29) is 18.0 Å². The highest BCUT2D eigenvalue weighted by molar-refractivity contribution is 7.89. The van der Waals surface area contributed by atoms with E-state index >= 15 is 0 Å². The van der Waals surface area contributed by atoms with Crippen LogP contribution >= 0.6 is 0 Å². The van der Waals surface area contributed by atoms with E-state index in [1.165, 1.54) is 25.5 Å². The van der Waals surface area contributed by atoms with Gasteiger partial charge < -0.3 is 14.5 Å². The van der Waals surface area contributed by atoms with Crippen LogP contribution in [0.2, 0.25) is 0 Å². The summed E-state index contributed by atoms with van der Waals surface area (Å²) in [5.41, 5.74) is 0.692. The maximum absolute atomic E-state index is 12.2. The molecule has 1 heterocycles. The van der Waals surface area contributed by atoms with E-state index < -0.39 is 15.9 Å². The lowest BCUT2D eigenvalue weighted by Crippen LogP contribution is -2.36. The van der Waals surface area contributed by atoms with Crippen LogP contribution in [0.5, 0.6) is 5.75 Å². The first-order valence-corrected chi connectivity index (χ1v) is 8.34. The molecule has 0 aliphatic carbocycles. The van der Waals surface area contributed by atoms with Gasteiger partial charge in [0.25, 0.3) is 0 Å². The molecule has 2 aromatic rings. The zero-order valence-corrected chi connectivity index (χ0v) is 13.6. The molecule has 1 aromatic heterocycles. The van der Waals surface area contributed by atoms with Crippen LogP contribution < -0.4 is 14.8 Å². The zero-order chi connectivity index (χ0) is 16.9. The van der Waals surface area contributed by atoms with Crippen molar-refractivity contribution < 1.29 is 22.4 Å². The molecule has 0 saturated carbocycles. The molecule has 0 unspecified atom stereocenters. The van der Waals surface area contributed by atoms with Crippen molar-refractivity contribution in [1.82, 2.24) is 10.0 Å². The van der Waals surface area contributed by atoms with Crippen molar-refractivity contribution in [2.45, 2.75) is 18.4 Å². The van der Waals surface area contributed by atoms with Gasteiger partial charge in [-0.2, -0.15) is 0 Å². The molecule has 124 valence electrons. The number of ether oxygens (including phenoxy) is 1. The molecular weight excluding hydrogens is 320 g/mol. The number of furan rings is 1. The van der Waals surface area contributed by atoms with Crippen LogP contribution in [0.15, 0.2) is 45.9 Å². The smallest absolute Gasteiger partial charge is 0.241 e. The van der Waals surface area contributed by atoms with E-state index in [1.807, 2.05) is 0 Å². The predicted molar refractivity (Wildman–Crippen MR) is 83.5 cm³/mol. The van der Waals surface area contributed by atoms with Gasteiger partial charge >= 0.3 is 0 Å². The fourth-order valence-electron chi connectivity index (χ4n) is 1.92. The van der Waals surface area contributed by atoms with Gasteiger partial charge in [0.15, 0.2) is 0 Å². The highest BCUT2D eigenvalue weighted by Crippen LogP contribution is 2.21. The summed E-state index contributed by atoms with van der Waals surface area (Å²) in [5.74, 6) is 0.738. The summed E-state index contributed by atoms with van der Waals surface area (Å²) in [7, 11) is -2.25. The minimum atomic E-state index is -3.76. The number of aryl methyl sites for hydroxylation is 1. The minimum absolute atomic E-state index is 0.0784. The first-order chi connectivity index (χ1) is 10.9. The topological polar surface area (TPSA) is 97.6 Å². The fourth-order valence-corrected chi connectivity index (χ4v) is 2.99. The van der Waals surface area contributed by atoms with Gasteiger partial charge in [0.05, 0.1) is 31.4 Å². The summed E-state index contributed by atoms with van der Waals surface area (Å²) in [6.45, 7) is 1.59. The summed E-state index contributed by atoms with van der Waals surface area (Å²) < 4.78 is 36.8. The monoisotopic (exact) mass is 338 g/mol. The van der Waals surface area contributed by atoms with E-state index in [0.717, 1.165) is 0 Å². The number of hydrogen-bond acceptors (Lipinski definition) is 5. The van der Waals surface area contributed by atoms with Gasteiger partial charge in [-0.15, -0.1) is 0 Å². The van der Waals surface area contributed by atoms with E-state index in [2.05, 4.69) is 10.0 Å². The molecule has 0 aliphatic rings. The van der Waals surface area contributed by atoms with Crippen molar-refractivity contribution in [3.05, 3.63) is 47.9 Å². The van der Waals surface area contributed by atoms with Crippen LogP contribution in [0.25, 0.3) is 0 Å². The molecule has 23 heavy (non-hydrogen) atoms. The number of rotatable bonds is 7. The van der Waals surface area contributed by atoms with Crippen molar-refractivity contribution >= 4 is 15.9 Å². The maximum atomic E-state index is 12.2. The molecule has 0 bridgehead atoms. The number of hydrogen-bond donors (Lipinski definition) is 2. The Labute approximate surface area is 134 Å². The summed E-state index contributed by atoms with van der Waals surface area (Å²) in [5, 5.41) is 2.56. The molecule has 2 rings (SSSR count). The van der Waals surface area contributed by atoms with E-state index in [9.17, 15) is 13.2 Å². The minimum Gasteiger partial charge on any atom is -0.496 e. The quantitative estimate of drug-likeness (QED) is 0.790. The Kier molecular flexibility index (Phi) is 5.41. The lowest BCUT2D eigenvalue weighted by molar-refractivity contribution is -0.120. The molecule has 1 amide bonds. The van der Waals surface area contributed by atoms with Crippen LogP contribution in [0.4, 0.5) is 0 Å². The second-order valence-electron chi connectivity index (χ2n) is 4.81. The van der Waals surface area contributed by atoms with Crippen LogP contribution in [-0.2, 0) is 21.4 Å². The summed E-state index contributed by atoms with van der Waals surface area (Å²) in [6.07, 6.45) is 1.50. The van der Waals surface area contributed by atoms with Gasteiger partial charge in [0.2, 0.25) is 15.9 Å². The van der Waals surface area contributed by atoms with Crippen molar-refractivity contribution in [1.29, 1.82) is 0 Å². The van der Waals surface area contributed by atoms with Crippen molar-refractivity contribution in [3.63, 3.8) is 0 Å². The van der Waals surface area contributed by atoms with E-state index in [4.69, 9.17) is 9.15 Å². The number of amides is 1. The van der Waals surface area contributed by atoms with Crippen LogP contribution in [0.3, 0.4) is 0 Å². The number of methoxy groups -OCH3 is 1. The number of nitrogens with one attached hydrogen (secondary N) is 2. The lowest BCUT2D eigenvalue weighted by Gasteiger charge is -2.09. The van der Waals surface area contributed by atoms with Crippen molar-refractivity contribution in [3.8, 4) is 5.75 Å². The van der Waals surface area contributed by atoms with Gasteiger partial charge in [0.1, 0.15) is 11.5 Å². The molecule has 0 atom stereocenters. The first-order valence-electron chi connectivity index (χ1n) is 6.86. The largest absolute Gasteiger partial charge is 0.496 e. The summed E-state index contributed by atoms with van der Waals surface area (Å²) in [4.78, 5) is 11.8. The molecule has 0 saturated heterocycles. The van der Waals surface area contributed by atoms with Crippen molar-refractivity contribution in [2.24, 2.45) is 0 Å². The van der Waals surface area contributed by atoms with Gasteiger partial charge in [-0.1, -0.05) is 0 Å². The van der Waals surface area contributed by atoms with Crippen LogP contribution in [0, 0.1) is 6.92 Å². The first kappa shape index (κ1) is 17.0. The Hall–Kier alpha value is -2.32. The third kappa shape index (κ3) is 4.57. The van der Waals surface area contributed by atoms with Gasteiger partial charge in [-0.3, -0.25) is 4.79 Å². The normalized spacial score (nSPS) is 11.2. The third-order valence-electron chi connectivity index (χ3n) is 3.14. The average Bonchev–Trinajstić information content (AvgIpc) is 3.04. The molecule has 2 N–H and O–H groups in total. The zero-order valence-electron chi connectivity index (χ0n) is 12.8. The molecule has 0 aliphatic heterocycles. The Balaban J connectivity index is 1.93. The highest BCUT2D eigenvalue weighted by Gasteiger charge is 2.16. The Bertz CT molecular complexity index is 769. The Morgan fingerprint density at radius 2 is 2.09 bits per heavy atom. The number of carbonyl (C=O) groups excluding carboxylic acids is 1. The average molecular weight is 338 g/mol. The third-order valence-corrected chi connectivity index (χ3v) is 4.54. The Morgan fingerprint density at radius 3 is 2.70 bits per heavy atom. The van der Waals surface area contributed by atoms with E-state index in [1.54, 1.807) is 25.1 Å². The number of benzene rings is 1. The molecule has 1 aromatic carbocycles. The molecule has 0 fully saturated rings. The Morgan fingerprint density at radius 1 is 1.30 bits per heavy atom. The lowest BCUT2D eigenvalue weighted by atomic mass is 10.2. The second-order valence-corrected chi connectivity index (χ2v) is 6.58.